The van der Waals surface area contributed by atoms with Gasteiger partial charge in [0.25, 0.3) is 0 Å². The van der Waals surface area contributed by atoms with E-state index in [0.717, 1.165) is 12.2 Å². The smallest absolute Gasteiger partial charge is 0.0794 e. The summed E-state index contributed by atoms with van der Waals surface area (Å²) in [5, 5.41) is 7.84. The van der Waals surface area contributed by atoms with Crippen molar-refractivity contribution in [3.63, 3.8) is 0 Å². The predicted octanol–water partition coefficient (Wildman–Crippen LogP) is 2.48. The van der Waals surface area contributed by atoms with Crippen LogP contribution in [-0.2, 0) is 12.0 Å². The summed E-state index contributed by atoms with van der Waals surface area (Å²) in [7, 11) is 1.96. The van der Waals surface area contributed by atoms with E-state index in [9.17, 15) is 0 Å². The Morgan fingerprint density at radius 2 is 2.07 bits per heavy atom. The molecular weight excluding hydrogens is 186 g/mol. The van der Waals surface area contributed by atoms with Crippen molar-refractivity contribution in [3.05, 3.63) is 17.5 Å². The van der Waals surface area contributed by atoms with Crippen LogP contribution >= 0.6 is 0 Å². The van der Waals surface area contributed by atoms with Gasteiger partial charge < -0.3 is 5.32 Å². The SMILES string of the molecule is CCn1nc(C(C)NC)cc1C(C)(C)C. The molecule has 3 heteroatoms. The van der Waals surface area contributed by atoms with Gasteiger partial charge in [-0.2, -0.15) is 5.10 Å². The molecule has 0 aliphatic rings. The molecule has 0 aliphatic carbocycles. The predicted molar refractivity (Wildman–Crippen MR) is 64.1 cm³/mol. The van der Waals surface area contributed by atoms with Crippen LogP contribution in [0, 0.1) is 0 Å². The summed E-state index contributed by atoms with van der Waals surface area (Å²) in [5.74, 6) is 0. The molecule has 0 aromatic carbocycles. The minimum atomic E-state index is 0.161. The summed E-state index contributed by atoms with van der Waals surface area (Å²) in [5.41, 5.74) is 2.60. The van der Waals surface area contributed by atoms with Crippen LogP contribution in [0.15, 0.2) is 6.07 Å². The van der Waals surface area contributed by atoms with Gasteiger partial charge in [0.2, 0.25) is 0 Å². The highest BCUT2D eigenvalue weighted by Crippen LogP contribution is 2.25. The first kappa shape index (κ1) is 12.2. The van der Waals surface area contributed by atoms with E-state index in [2.05, 4.69) is 55.8 Å². The van der Waals surface area contributed by atoms with Crippen LogP contribution in [-0.4, -0.2) is 16.8 Å². The van der Waals surface area contributed by atoms with Gasteiger partial charge in [0.1, 0.15) is 0 Å². The van der Waals surface area contributed by atoms with Crippen molar-refractivity contribution in [2.75, 3.05) is 7.05 Å². The van der Waals surface area contributed by atoms with Gasteiger partial charge in [0.05, 0.1) is 5.69 Å². The molecule has 0 fully saturated rings. The molecule has 15 heavy (non-hydrogen) atoms. The van der Waals surface area contributed by atoms with Crippen LogP contribution < -0.4 is 5.32 Å². The second-order valence-corrected chi connectivity index (χ2v) is 5.03. The maximum absolute atomic E-state index is 4.62. The molecule has 1 aromatic rings. The summed E-state index contributed by atoms with van der Waals surface area (Å²) in [4.78, 5) is 0. The molecule has 1 atom stereocenters. The normalized spacial score (nSPS) is 14.3. The summed E-state index contributed by atoms with van der Waals surface area (Å²) in [6.45, 7) is 11.9. The Morgan fingerprint density at radius 3 is 2.40 bits per heavy atom. The van der Waals surface area contributed by atoms with Crippen molar-refractivity contribution < 1.29 is 0 Å². The first-order valence-corrected chi connectivity index (χ1v) is 5.65. The quantitative estimate of drug-likeness (QED) is 0.829. The van der Waals surface area contributed by atoms with E-state index < -0.39 is 0 Å². The van der Waals surface area contributed by atoms with Gasteiger partial charge >= 0.3 is 0 Å². The van der Waals surface area contributed by atoms with E-state index in [1.165, 1.54) is 5.69 Å². The first-order chi connectivity index (χ1) is 6.90. The first-order valence-electron chi connectivity index (χ1n) is 5.65. The van der Waals surface area contributed by atoms with E-state index in [1.807, 2.05) is 7.05 Å². The fourth-order valence-corrected chi connectivity index (χ4v) is 1.64. The number of aryl methyl sites for hydroxylation is 1. The van der Waals surface area contributed by atoms with E-state index >= 15 is 0 Å². The number of nitrogens with one attached hydrogen (secondary N) is 1. The largest absolute Gasteiger partial charge is 0.312 e. The molecule has 1 heterocycles. The zero-order valence-electron chi connectivity index (χ0n) is 10.8. The minimum absolute atomic E-state index is 0.161. The zero-order valence-corrected chi connectivity index (χ0v) is 10.8. The van der Waals surface area contributed by atoms with Crippen LogP contribution in [0.3, 0.4) is 0 Å². The summed E-state index contributed by atoms with van der Waals surface area (Å²) < 4.78 is 2.10. The number of hydrogen-bond acceptors (Lipinski definition) is 2. The molecule has 1 rings (SSSR count). The molecule has 1 unspecified atom stereocenters. The highest BCUT2D eigenvalue weighted by Gasteiger charge is 2.21. The maximum Gasteiger partial charge on any atom is 0.0794 e. The molecular formula is C12H23N3. The minimum Gasteiger partial charge on any atom is -0.312 e. The second-order valence-electron chi connectivity index (χ2n) is 5.03. The average Bonchev–Trinajstić information content (AvgIpc) is 2.59. The molecule has 86 valence electrons. The molecule has 3 nitrogen and oxygen atoms in total. The molecule has 0 aliphatic heterocycles. The Labute approximate surface area is 92.9 Å². The van der Waals surface area contributed by atoms with Crippen molar-refractivity contribution in [1.29, 1.82) is 0 Å². The van der Waals surface area contributed by atoms with Crippen LogP contribution in [0.5, 0.6) is 0 Å². The third-order valence-electron chi connectivity index (χ3n) is 2.74. The van der Waals surface area contributed by atoms with Gasteiger partial charge in [0.15, 0.2) is 0 Å². The van der Waals surface area contributed by atoms with Gasteiger partial charge in [-0.15, -0.1) is 0 Å². The van der Waals surface area contributed by atoms with E-state index in [4.69, 9.17) is 0 Å². The van der Waals surface area contributed by atoms with Crippen molar-refractivity contribution in [3.8, 4) is 0 Å². The van der Waals surface area contributed by atoms with Crippen LogP contribution in [0.1, 0.15) is 52.0 Å². The lowest BCUT2D eigenvalue weighted by molar-refractivity contribution is 0.493. The van der Waals surface area contributed by atoms with Gasteiger partial charge in [-0.1, -0.05) is 20.8 Å². The lowest BCUT2D eigenvalue weighted by Crippen LogP contribution is -2.17. The molecule has 0 radical (unpaired) electrons. The van der Waals surface area contributed by atoms with E-state index in [1.54, 1.807) is 0 Å². The molecule has 0 amide bonds. The number of aromatic nitrogens is 2. The highest BCUT2D eigenvalue weighted by molar-refractivity contribution is 5.20. The second kappa shape index (κ2) is 4.35. The number of hydrogen-bond donors (Lipinski definition) is 1. The van der Waals surface area contributed by atoms with Crippen molar-refractivity contribution >= 4 is 0 Å². The average molecular weight is 209 g/mol. The van der Waals surface area contributed by atoms with Gasteiger partial charge in [0, 0.05) is 23.7 Å². The monoisotopic (exact) mass is 209 g/mol. The standard InChI is InChI=1S/C12H23N3/c1-7-15-11(12(3,4)5)8-10(14-15)9(2)13-6/h8-9,13H,7H2,1-6H3. The van der Waals surface area contributed by atoms with Crippen molar-refractivity contribution in [1.82, 2.24) is 15.1 Å². The van der Waals surface area contributed by atoms with E-state index in [-0.39, 0.29) is 5.41 Å². The molecule has 0 spiro atoms. The van der Waals surface area contributed by atoms with Crippen LogP contribution in [0.25, 0.3) is 0 Å². The fourth-order valence-electron chi connectivity index (χ4n) is 1.64. The summed E-state index contributed by atoms with van der Waals surface area (Å²) >= 11 is 0. The van der Waals surface area contributed by atoms with Crippen LogP contribution in [0.2, 0.25) is 0 Å². The van der Waals surface area contributed by atoms with Crippen molar-refractivity contribution in [2.24, 2.45) is 0 Å². The number of rotatable bonds is 3. The van der Waals surface area contributed by atoms with E-state index in [0.29, 0.717) is 6.04 Å². The summed E-state index contributed by atoms with van der Waals surface area (Å²) in [6.07, 6.45) is 0. The van der Waals surface area contributed by atoms with Crippen LogP contribution in [0.4, 0.5) is 0 Å². The Morgan fingerprint density at radius 1 is 1.47 bits per heavy atom. The zero-order chi connectivity index (χ0) is 11.6. The Bertz CT molecular complexity index is 320. The third kappa shape index (κ3) is 2.59. The third-order valence-corrected chi connectivity index (χ3v) is 2.74. The Hall–Kier alpha value is -0.830. The van der Waals surface area contributed by atoms with Gasteiger partial charge in [-0.25, -0.2) is 0 Å². The lowest BCUT2D eigenvalue weighted by atomic mass is 9.91. The molecule has 0 saturated carbocycles. The molecule has 0 saturated heterocycles. The fraction of sp³-hybridized carbons (Fsp3) is 0.750. The van der Waals surface area contributed by atoms with Gasteiger partial charge in [-0.05, 0) is 27.0 Å². The number of nitrogens with zero attached hydrogens (tertiary/aromatic N) is 2. The Balaban J connectivity index is 3.11. The molecule has 1 N–H and O–H groups in total. The lowest BCUT2D eigenvalue weighted by Gasteiger charge is -2.19. The Kier molecular flexibility index (Phi) is 3.55. The molecule has 1 aromatic heterocycles. The topological polar surface area (TPSA) is 29.9 Å². The van der Waals surface area contributed by atoms with Crippen molar-refractivity contribution in [2.45, 2.75) is 52.6 Å². The maximum atomic E-state index is 4.62. The molecule has 0 bridgehead atoms. The van der Waals surface area contributed by atoms with Gasteiger partial charge in [-0.3, -0.25) is 4.68 Å². The summed E-state index contributed by atoms with van der Waals surface area (Å²) in [6, 6.07) is 2.53. The highest BCUT2D eigenvalue weighted by atomic mass is 15.3.